The monoisotopic (exact) mass is 275 g/mol. The lowest BCUT2D eigenvalue weighted by molar-refractivity contribution is -0.143. The van der Waals surface area contributed by atoms with Gasteiger partial charge in [0.15, 0.2) is 0 Å². The Morgan fingerprint density at radius 1 is 1.25 bits per heavy atom. The van der Waals surface area contributed by atoms with Gasteiger partial charge in [-0.15, -0.1) is 0 Å². The molecule has 0 N–H and O–H groups in total. The van der Waals surface area contributed by atoms with Crippen LogP contribution < -0.4 is 0 Å². The lowest BCUT2D eigenvalue weighted by atomic mass is 10.2. The summed E-state index contributed by atoms with van der Waals surface area (Å²) in [5.74, 6) is 0.228. The maximum absolute atomic E-state index is 11.9. The largest absolute Gasteiger partial charge is 0.469 e. The molecule has 20 heavy (non-hydrogen) atoms. The minimum Gasteiger partial charge on any atom is -0.469 e. The van der Waals surface area contributed by atoms with Crippen molar-refractivity contribution in [1.82, 2.24) is 4.90 Å². The van der Waals surface area contributed by atoms with Crippen LogP contribution in [-0.2, 0) is 20.9 Å². The van der Waals surface area contributed by atoms with Crippen molar-refractivity contribution >= 4 is 22.8 Å². The maximum Gasteiger partial charge on any atom is 0.306 e. The second-order valence-corrected chi connectivity index (χ2v) is 4.58. The summed E-state index contributed by atoms with van der Waals surface area (Å²) in [6.07, 6.45) is 0.239. The van der Waals surface area contributed by atoms with Crippen molar-refractivity contribution in [3.8, 4) is 0 Å². The van der Waals surface area contributed by atoms with Gasteiger partial charge in [0, 0.05) is 18.9 Å². The van der Waals surface area contributed by atoms with Crippen molar-refractivity contribution in [2.45, 2.75) is 19.4 Å². The van der Waals surface area contributed by atoms with E-state index in [0.717, 1.165) is 16.7 Å². The number of ether oxygens (including phenoxy) is 1. The van der Waals surface area contributed by atoms with Gasteiger partial charge in [0.1, 0.15) is 11.3 Å². The van der Waals surface area contributed by atoms with E-state index in [9.17, 15) is 9.59 Å². The van der Waals surface area contributed by atoms with Gasteiger partial charge in [-0.3, -0.25) is 9.59 Å². The summed E-state index contributed by atoms with van der Waals surface area (Å²) in [6.45, 7) is 0.384. The summed E-state index contributed by atoms with van der Waals surface area (Å²) in [5.41, 5.74) is 0.804. The van der Waals surface area contributed by atoms with E-state index >= 15 is 0 Å². The van der Waals surface area contributed by atoms with Gasteiger partial charge < -0.3 is 14.1 Å². The molecule has 1 aromatic carbocycles. The van der Waals surface area contributed by atoms with Gasteiger partial charge in [-0.2, -0.15) is 0 Å². The van der Waals surface area contributed by atoms with Crippen LogP contribution in [-0.4, -0.2) is 30.9 Å². The number of benzene rings is 1. The van der Waals surface area contributed by atoms with Crippen LogP contribution in [0.4, 0.5) is 0 Å². The minimum atomic E-state index is -0.379. The highest BCUT2D eigenvalue weighted by molar-refractivity contribution is 5.81. The molecule has 0 bridgehead atoms. The van der Waals surface area contributed by atoms with Gasteiger partial charge in [-0.1, -0.05) is 18.2 Å². The SMILES string of the molecule is COC(=O)CCC(=O)N(C)Cc1cc2ccccc2o1. The predicted octanol–water partition coefficient (Wildman–Crippen LogP) is 2.34. The molecule has 0 aliphatic carbocycles. The van der Waals surface area contributed by atoms with Crippen molar-refractivity contribution in [3.63, 3.8) is 0 Å². The Kier molecular flexibility index (Phi) is 4.40. The van der Waals surface area contributed by atoms with Gasteiger partial charge in [0.05, 0.1) is 20.1 Å². The summed E-state index contributed by atoms with van der Waals surface area (Å²) >= 11 is 0. The topological polar surface area (TPSA) is 59.8 Å². The lowest BCUT2D eigenvalue weighted by Gasteiger charge is -2.15. The highest BCUT2D eigenvalue weighted by Gasteiger charge is 2.13. The minimum absolute atomic E-state index is 0.0970. The lowest BCUT2D eigenvalue weighted by Crippen LogP contribution is -2.26. The molecular formula is C15H17NO4. The molecule has 106 valence electrons. The number of carbonyl (C=O) groups excluding carboxylic acids is 2. The molecule has 5 nitrogen and oxygen atoms in total. The number of furan rings is 1. The second kappa shape index (κ2) is 6.23. The highest BCUT2D eigenvalue weighted by atomic mass is 16.5. The van der Waals surface area contributed by atoms with E-state index in [4.69, 9.17) is 4.42 Å². The van der Waals surface area contributed by atoms with Crippen molar-refractivity contribution in [1.29, 1.82) is 0 Å². The fourth-order valence-corrected chi connectivity index (χ4v) is 1.94. The fourth-order valence-electron chi connectivity index (χ4n) is 1.94. The van der Waals surface area contributed by atoms with Gasteiger partial charge in [0.25, 0.3) is 0 Å². The zero-order chi connectivity index (χ0) is 14.5. The molecule has 1 aromatic heterocycles. The van der Waals surface area contributed by atoms with Crippen LogP contribution in [0.5, 0.6) is 0 Å². The van der Waals surface area contributed by atoms with Crippen LogP contribution in [0.1, 0.15) is 18.6 Å². The second-order valence-electron chi connectivity index (χ2n) is 4.58. The van der Waals surface area contributed by atoms with Gasteiger partial charge in [0.2, 0.25) is 5.91 Å². The molecule has 0 saturated heterocycles. The summed E-state index contributed by atoms with van der Waals surface area (Å²) in [7, 11) is 3.00. The number of carbonyl (C=O) groups is 2. The molecule has 1 amide bonds. The predicted molar refractivity (Wildman–Crippen MR) is 73.9 cm³/mol. The van der Waals surface area contributed by atoms with Gasteiger partial charge in [-0.05, 0) is 12.1 Å². The standard InChI is InChI=1S/C15H17NO4/c1-16(14(17)7-8-15(18)19-2)10-12-9-11-5-3-4-6-13(11)20-12/h3-6,9H,7-8,10H2,1-2H3. The first-order valence-electron chi connectivity index (χ1n) is 6.38. The number of nitrogens with zero attached hydrogens (tertiary/aromatic N) is 1. The Bertz CT molecular complexity index is 584. The highest BCUT2D eigenvalue weighted by Crippen LogP contribution is 2.19. The number of hydrogen-bond donors (Lipinski definition) is 0. The molecule has 0 unspecified atom stereocenters. The Balaban J connectivity index is 1.94. The van der Waals surface area contributed by atoms with Crippen LogP contribution in [0, 0.1) is 0 Å². The molecule has 0 aliphatic rings. The Morgan fingerprint density at radius 2 is 2.00 bits per heavy atom. The molecule has 0 atom stereocenters. The van der Waals surface area contributed by atoms with E-state index in [0.29, 0.717) is 6.54 Å². The zero-order valence-electron chi connectivity index (χ0n) is 11.6. The van der Waals surface area contributed by atoms with Crippen LogP contribution in [0.2, 0.25) is 0 Å². The van der Waals surface area contributed by atoms with Crippen molar-refractivity contribution in [2.75, 3.05) is 14.2 Å². The molecule has 0 spiro atoms. The average Bonchev–Trinajstić information content (AvgIpc) is 2.86. The fraction of sp³-hybridized carbons (Fsp3) is 0.333. The van der Waals surface area contributed by atoms with E-state index in [1.807, 2.05) is 30.3 Å². The Labute approximate surface area is 117 Å². The van der Waals surface area contributed by atoms with Crippen molar-refractivity contribution in [3.05, 3.63) is 36.1 Å². The molecule has 2 aromatic rings. The summed E-state index contributed by atoms with van der Waals surface area (Å²) in [4.78, 5) is 24.4. The quantitative estimate of drug-likeness (QED) is 0.786. The number of fused-ring (bicyclic) bond motifs is 1. The maximum atomic E-state index is 11.9. The van der Waals surface area contributed by atoms with Crippen LogP contribution >= 0.6 is 0 Å². The number of hydrogen-bond acceptors (Lipinski definition) is 4. The van der Waals surface area contributed by atoms with Crippen LogP contribution in [0.25, 0.3) is 11.0 Å². The number of para-hydroxylation sites is 1. The van der Waals surface area contributed by atoms with E-state index < -0.39 is 0 Å². The molecule has 2 rings (SSSR count). The van der Waals surface area contributed by atoms with Gasteiger partial charge >= 0.3 is 5.97 Å². The first kappa shape index (κ1) is 14.1. The zero-order valence-corrected chi connectivity index (χ0v) is 11.6. The third kappa shape index (κ3) is 3.38. The molecule has 0 saturated carbocycles. The number of rotatable bonds is 5. The Hall–Kier alpha value is -2.30. The third-order valence-corrected chi connectivity index (χ3v) is 3.07. The summed E-state index contributed by atoms with van der Waals surface area (Å²) < 4.78 is 10.2. The van der Waals surface area contributed by atoms with E-state index in [1.165, 1.54) is 7.11 Å². The molecular weight excluding hydrogens is 258 g/mol. The van der Waals surface area contributed by atoms with Gasteiger partial charge in [-0.25, -0.2) is 0 Å². The first-order chi connectivity index (χ1) is 9.60. The molecule has 5 heteroatoms. The molecule has 0 aliphatic heterocycles. The van der Waals surface area contributed by atoms with E-state index in [2.05, 4.69) is 4.74 Å². The smallest absolute Gasteiger partial charge is 0.306 e. The molecule has 1 heterocycles. The summed E-state index contributed by atoms with van der Waals surface area (Å²) in [6, 6.07) is 9.60. The molecule has 0 radical (unpaired) electrons. The molecule has 0 fully saturated rings. The average molecular weight is 275 g/mol. The van der Waals surface area contributed by atoms with E-state index in [1.54, 1.807) is 11.9 Å². The normalized spacial score (nSPS) is 10.5. The first-order valence-corrected chi connectivity index (χ1v) is 6.38. The van der Waals surface area contributed by atoms with Crippen molar-refractivity contribution in [2.24, 2.45) is 0 Å². The number of esters is 1. The van der Waals surface area contributed by atoms with Crippen LogP contribution in [0.3, 0.4) is 0 Å². The number of amides is 1. The number of methoxy groups -OCH3 is 1. The Morgan fingerprint density at radius 3 is 2.70 bits per heavy atom. The third-order valence-electron chi connectivity index (χ3n) is 3.07. The summed E-state index contributed by atoms with van der Waals surface area (Å²) in [5, 5.41) is 1.01. The van der Waals surface area contributed by atoms with Crippen molar-refractivity contribution < 1.29 is 18.7 Å². The van der Waals surface area contributed by atoms with E-state index in [-0.39, 0.29) is 24.7 Å². The van der Waals surface area contributed by atoms with Crippen LogP contribution in [0.15, 0.2) is 34.7 Å².